The zero-order chi connectivity index (χ0) is 26.1. The zero-order valence-corrected chi connectivity index (χ0v) is 21.8. The number of hydrazine groups is 1. The second-order valence-electron chi connectivity index (χ2n) is 8.72. The number of hydrogen-bond acceptors (Lipinski definition) is 6. The number of rotatable bonds is 12. The van der Waals surface area contributed by atoms with Crippen LogP contribution < -0.4 is 15.6 Å². The van der Waals surface area contributed by atoms with Gasteiger partial charge >= 0.3 is 0 Å². The molecule has 1 amide bonds. The van der Waals surface area contributed by atoms with E-state index in [-0.39, 0.29) is 24.9 Å². The Morgan fingerprint density at radius 3 is 2.70 bits per heavy atom. The predicted octanol–water partition coefficient (Wildman–Crippen LogP) is 3.97. The minimum atomic E-state index is -1.18. The van der Waals surface area contributed by atoms with E-state index in [1.807, 2.05) is 42.5 Å². The van der Waals surface area contributed by atoms with Gasteiger partial charge < -0.3 is 14.6 Å². The molecular formula is C28H29BrFN3O4. The van der Waals surface area contributed by atoms with Crippen LogP contribution in [0, 0.1) is 5.82 Å². The lowest BCUT2D eigenvalue weighted by atomic mass is 9.91. The molecule has 194 valence electrons. The molecule has 4 rings (SSSR count). The fourth-order valence-electron chi connectivity index (χ4n) is 3.95. The first-order chi connectivity index (χ1) is 18.0. The van der Waals surface area contributed by atoms with Gasteiger partial charge in [-0.05, 0) is 60.0 Å². The molecular weight excluding hydrogens is 541 g/mol. The molecule has 0 saturated heterocycles. The second-order valence-corrected chi connectivity index (χ2v) is 9.57. The van der Waals surface area contributed by atoms with Crippen molar-refractivity contribution in [1.29, 1.82) is 0 Å². The number of aliphatic hydroxyl groups excluding tert-OH is 1. The molecule has 0 fully saturated rings. The summed E-state index contributed by atoms with van der Waals surface area (Å²) in [6.45, 7) is 1.00. The average Bonchev–Trinajstić information content (AvgIpc) is 3.34. The van der Waals surface area contributed by atoms with Crippen LogP contribution in [0.2, 0.25) is 0 Å². The summed E-state index contributed by atoms with van der Waals surface area (Å²) in [5.74, 6) is 0.449. The number of hydrogen-bond donors (Lipinski definition) is 3. The van der Waals surface area contributed by atoms with Crippen molar-refractivity contribution in [3.63, 3.8) is 0 Å². The molecule has 0 bridgehead atoms. The van der Waals surface area contributed by atoms with Crippen molar-refractivity contribution in [3.8, 4) is 5.75 Å². The maximum absolute atomic E-state index is 13.4. The monoisotopic (exact) mass is 569 g/mol. The third kappa shape index (κ3) is 7.15. The maximum Gasteiger partial charge on any atom is 0.266 e. The van der Waals surface area contributed by atoms with Gasteiger partial charge in [0.25, 0.3) is 5.91 Å². The van der Waals surface area contributed by atoms with Crippen LogP contribution in [-0.2, 0) is 22.4 Å². The van der Waals surface area contributed by atoms with Crippen molar-refractivity contribution in [2.45, 2.75) is 24.8 Å². The van der Waals surface area contributed by atoms with Crippen molar-refractivity contribution in [1.82, 2.24) is 10.9 Å². The summed E-state index contributed by atoms with van der Waals surface area (Å²) in [7, 11) is 0. The van der Waals surface area contributed by atoms with Gasteiger partial charge in [0.1, 0.15) is 18.2 Å². The summed E-state index contributed by atoms with van der Waals surface area (Å²) in [4.78, 5) is 18.2. The van der Waals surface area contributed by atoms with Gasteiger partial charge in [0, 0.05) is 36.0 Å². The topological polar surface area (TPSA) is 92.2 Å². The highest BCUT2D eigenvalue weighted by Gasteiger charge is 2.45. The Morgan fingerprint density at radius 1 is 1.14 bits per heavy atom. The van der Waals surface area contributed by atoms with Crippen LogP contribution in [0.25, 0.3) is 0 Å². The van der Waals surface area contributed by atoms with E-state index in [9.17, 15) is 9.18 Å². The quantitative estimate of drug-likeness (QED) is 0.227. The predicted molar refractivity (Wildman–Crippen MR) is 143 cm³/mol. The summed E-state index contributed by atoms with van der Waals surface area (Å²) >= 11 is 3.57. The second kappa shape index (κ2) is 12.8. The van der Waals surface area contributed by atoms with Crippen molar-refractivity contribution in [2.24, 2.45) is 4.99 Å². The van der Waals surface area contributed by atoms with Crippen LogP contribution in [0.1, 0.15) is 23.1 Å². The molecule has 3 N–H and O–H groups in total. The number of aliphatic imine (C=N–C) groups is 1. The maximum atomic E-state index is 13.4. The van der Waals surface area contributed by atoms with Crippen LogP contribution in [0.5, 0.6) is 5.75 Å². The number of nitrogens with one attached hydrogen (secondary N) is 2. The van der Waals surface area contributed by atoms with Crippen LogP contribution in [0.4, 0.5) is 4.39 Å². The molecule has 1 aliphatic rings. The van der Waals surface area contributed by atoms with Gasteiger partial charge in [0.2, 0.25) is 5.90 Å². The van der Waals surface area contributed by atoms with Gasteiger partial charge in [-0.2, -0.15) is 0 Å². The molecule has 1 atom stereocenters. The fraction of sp³-hybridized carbons (Fsp3) is 0.286. The van der Waals surface area contributed by atoms with Gasteiger partial charge in [-0.15, -0.1) is 0 Å². The minimum Gasteiger partial charge on any atom is -0.494 e. The van der Waals surface area contributed by atoms with E-state index in [0.29, 0.717) is 44.1 Å². The number of carbonyl (C=O) groups is 1. The number of carbonyl (C=O) groups excluding carboxylic acids is 1. The molecule has 0 unspecified atom stereocenters. The number of nitrogens with zero attached hydrogens (tertiary/aromatic N) is 1. The zero-order valence-electron chi connectivity index (χ0n) is 20.3. The molecule has 9 heteroatoms. The van der Waals surface area contributed by atoms with Crippen molar-refractivity contribution in [2.75, 3.05) is 26.4 Å². The SMILES string of the molecule is O=C(NNCCc1cccc(F)c1)[C@]1(Cc2ccccc2Br)COC(c2ccc(OCCCO)cc2)=N1. The number of ether oxygens (including phenoxy) is 2. The van der Waals surface area contributed by atoms with Crippen LogP contribution >= 0.6 is 15.9 Å². The molecule has 0 spiro atoms. The van der Waals surface area contributed by atoms with Crippen LogP contribution in [0.3, 0.4) is 0 Å². The normalized spacial score (nSPS) is 16.7. The number of halogens is 2. The Balaban J connectivity index is 1.48. The van der Waals surface area contributed by atoms with Gasteiger partial charge in [0.15, 0.2) is 5.54 Å². The Morgan fingerprint density at radius 2 is 1.95 bits per heavy atom. The van der Waals surface area contributed by atoms with Crippen molar-refractivity contribution >= 4 is 27.7 Å². The van der Waals surface area contributed by atoms with Gasteiger partial charge in [-0.25, -0.2) is 14.8 Å². The number of benzene rings is 3. The lowest BCUT2D eigenvalue weighted by Gasteiger charge is -2.24. The summed E-state index contributed by atoms with van der Waals surface area (Å²) in [6.07, 6.45) is 1.44. The average molecular weight is 570 g/mol. The molecule has 7 nitrogen and oxygen atoms in total. The summed E-state index contributed by atoms with van der Waals surface area (Å²) in [5.41, 5.74) is 7.04. The van der Waals surface area contributed by atoms with E-state index in [2.05, 4.69) is 26.8 Å². The van der Waals surface area contributed by atoms with E-state index in [1.54, 1.807) is 18.2 Å². The van der Waals surface area contributed by atoms with Gasteiger partial charge in [-0.3, -0.25) is 10.2 Å². The summed E-state index contributed by atoms with van der Waals surface area (Å²) in [6, 6.07) is 21.4. The highest BCUT2D eigenvalue weighted by molar-refractivity contribution is 9.10. The number of amides is 1. The molecule has 0 radical (unpaired) electrons. The molecule has 1 aliphatic heterocycles. The Kier molecular flexibility index (Phi) is 9.27. The fourth-order valence-corrected chi connectivity index (χ4v) is 4.37. The first kappa shape index (κ1) is 26.8. The highest BCUT2D eigenvalue weighted by atomic mass is 79.9. The van der Waals surface area contributed by atoms with E-state index in [0.717, 1.165) is 21.2 Å². The smallest absolute Gasteiger partial charge is 0.266 e. The first-order valence-corrected chi connectivity index (χ1v) is 12.9. The van der Waals surface area contributed by atoms with E-state index < -0.39 is 5.54 Å². The molecule has 0 aromatic heterocycles. The number of aliphatic hydroxyl groups is 1. The third-order valence-corrected chi connectivity index (χ3v) is 6.70. The standard InChI is InChI=1S/C28H29BrFN3O4/c29-25-8-2-1-6-22(25)18-28(27(35)33-31-14-13-20-5-3-7-23(30)17-20)19-37-26(32-28)21-9-11-24(12-10-21)36-16-4-15-34/h1-3,5-12,17,31,34H,4,13-16,18-19H2,(H,33,35)/t28-/m0/s1. The van der Waals surface area contributed by atoms with Gasteiger partial charge in [0.05, 0.1) is 6.61 Å². The molecule has 3 aromatic carbocycles. The van der Waals surface area contributed by atoms with E-state index in [1.165, 1.54) is 12.1 Å². The molecule has 37 heavy (non-hydrogen) atoms. The van der Waals surface area contributed by atoms with Crippen LogP contribution in [-0.4, -0.2) is 48.8 Å². The Bertz CT molecular complexity index is 1240. The van der Waals surface area contributed by atoms with E-state index in [4.69, 9.17) is 19.6 Å². The van der Waals surface area contributed by atoms with Crippen molar-refractivity contribution in [3.05, 3.63) is 99.8 Å². The van der Waals surface area contributed by atoms with Gasteiger partial charge in [-0.1, -0.05) is 46.3 Å². The molecule has 1 heterocycles. The van der Waals surface area contributed by atoms with E-state index >= 15 is 0 Å². The first-order valence-electron chi connectivity index (χ1n) is 12.1. The molecule has 0 aliphatic carbocycles. The molecule has 3 aromatic rings. The Hall–Kier alpha value is -3.27. The minimum absolute atomic E-state index is 0.0735. The third-order valence-electron chi connectivity index (χ3n) is 5.93. The van der Waals surface area contributed by atoms with Crippen LogP contribution in [0.15, 0.2) is 82.3 Å². The summed E-state index contributed by atoms with van der Waals surface area (Å²) < 4.78 is 25.8. The highest BCUT2D eigenvalue weighted by Crippen LogP contribution is 2.30. The summed E-state index contributed by atoms with van der Waals surface area (Å²) in [5, 5.41) is 8.91. The van der Waals surface area contributed by atoms with Crippen molar-refractivity contribution < 1.29 is 23.8 Å². The lowest BCUT2D eigenvalue weighted by Crippen LogP contribution is -2.53. The largest absolute Gasteiger partial charge is 0.494 e. The lowest BCUT2D eigenvalue weighted by molar-refractivity contribution is -0.127. The Labute approximate surface area is 223 Å². The molecule has 0 saturated carbocycles.